The van der Waals surface area contributed by atoms with Crippen LogP contribution < -0.4 is 5.32 Å². The van der Waals surface area contributed by atoms with Gasteiger partial charge in [-0.2, -0.15) is 0 Å². The summed E-state index contributed by atoms with van der Waals surface area (Å²) >= 11 is 13.4. The lowest BCUT2D eigenvalue weighted by atomic mass is 10.2. The highest BCUT2D eigenvalue weighted by Gasteiger charge is 2.15. The van der Waals surface area contributed by atoms with Gasteiger partial charge in [0, 0.05) is 32.9 Å². The molecule has 0 aliphatic heterocycles. The zero-order chi connectivity index (χ0) is 17.4. The quantitative estimate of drug-likeness (QED) is 0.495. The van der Waals surface area contributed by atoms with E-state index < -0.39 is 0 Å². The molecule has 1 N–H and O–H groups in total. The third kappa shape index (κ3) is 3.26. The minimum Gasteiger partial charge on any atom is -0.321 e. The second kappa shape index (κ2) is 6.52. The summed E-state index contributed by atoms with van der Waals surface area (Å²) in [5, 5.41) is 5.52. The van der Waals surface area contributed by atoms with E-state index in [-0.39, 0.29) is 5.91 Å². The van der Waals surface area contributed by atoms with E-state index in [0.717, 1.165) is 16.2 Å². The molecule has 2 aromatic heterocycles. The summed E-state index contributed by atoms with van der Waals surface area (Å²) in [5.74, 6) is -0.249. The number of anilines is 1. The summed E-state index contributed by atoms with van der Waals surface area (Å²) in [6.07, 6.45) is 1.86. The molecule has 0 bridgehead atoms. The Morgan fingerprint density at radius 2 is 1.80 bits per heavy atom. The Kier molecular flexibility index (Phi) is 4.21. The molecule has 25 heavy (non-hydrogen) atoms. The van der Waals surface area contributed by atoms with Gasteiger partial charge in [-0.1, -0.05) is 53.5 Å². The lowest BCUT2D eigenvalue weighted by Gasteiger charge is -2.05. The fourth-order valence-electron chi connectivity index (χ4n) is 2.52. The van der Waals surface area contributed by atoms with E-state index in [9.17, 15) is 4.79 Å². The van der Waals surface area contributed by atoms with Gasteiger partial charge in [-0.3, -0.25) is 9.20 Å². The number of hydrogen-bond donors (Lipinski definition) is 1. The number of hydrogen-bond acceptors (Lipinski definition) is 3. The van der Waals surface area contributed by atoms with E-state index in [1.54, 1.807) is 28.0 Å². The highest BCUT2D eigenvalue weighted by molar-refractivity contribution is 7.15. The molecule has 7 heteroatoms. The third-order valence-electron chi connectivity index (χ3n) is 3.63. The van der Waals surface area contributed by atoms with E-state index in [1.807, 2.05) is 36.5 Å². The number of aromatic nitrogens is 2. The first-order chi connectivity index (χ1) is 12.1. The summed E-state index contributed by atoms with van der Waals surface area (Å²) in [5.41, 5.74) is 2.88. The SMILES string of the molecule is O=C(Nc1cc(Cl)cc(Cl)c1)c1csc2nc(-c3ccccc3)cn12. The molecular formula is C18H11Cl2N3OS. The van der Waals surface area contributed by atoms with E-state index >= 15 is 0 Å². The van der Waals surface area contributed by atoms with Gasteiger partial charge in [-0.25, -0.2) is 4.98 Å². The molecule has 4 rings (SSSR count). The van der Waals surface area contributed by atoms with Crippen molar-refractivity contribution in [2.24, 2.45) is 0 Å². The molecule has 0 spiro atoms. The topological polar surface area (TPSA) is 46.4 Å². The average molecular weight is 388 g/mol. The van der Waals surface area contributed by atoms with Crippen molar-refractivity contribution in [3.63, 3.8) is 0 Å². The average Bonchev–Trinajstić information content (AvgIpc) is 3.14. The Hall–Kier alpha value is -2.34. The molecule has 1 amide bonds. The van der Waals surface area contributed by atoms with Crippen molar-refractivity contribution >= 4 is 51.1 Å². The van der Waals surface area contributed by atoms with Crippen LogP contribution in [0.2, 0.25) is 10.0 Å². The van der Waals surface area contributed by atoms with Crippen molar-refractivity contribution in [3.05, 3.63) is 75.8 Å². The van der Waals surface area contributed by atoms with Gasteiger partial charge >= 0.3 is 0 Å². The van der Waals surface area contributed by atoms with Crippen LogP contribution in [0.4, 0.5) is 5.69 Å². The fraction of sp³-hybridized carbons (Fsp3) is 0. The van der Waals surface area contributed by atoms with Crippen LogP contribution in [0.5, 0.6) is 0 Å². The number of fused-ring (bicyclic) bond motifs is 1. The van der Waals surface area contributed by atoms with Crippen LogP contribution in [0, 0.1) is 0 Å². The Bertz CT molecular complexity index is 1050. The van der Waals surface area contributed by atoms with Crippen LogP contribution >= 0.6 is 34.5 Å². The lowest BCUT2D eigenvalue weighted by molar-refractivity contribution is 0.102. The number of benzene rings is 2. The first kappa shape index (κ1) is 16.1. The number of halogens is 2. The van der Waals surface area contributed by atoms with Crippen LogP contribution in [-0.2, 0) is 0 Å². The van der Waals surface area contributed by atoms with Crippen molar-refractivity contribution in [2.75, 3.05) is 5.32 Å². The Morgan fingerprint density at radius 3 is 2.52 bits per heavy atom. The number of rotatable bonds is 3. The number of carbonyl (C=O) groups excluding carboxylic acids is 1. The summed E-state index contributed by atoms with van der Waals surface area (Å²) < 4.78 is 1.79. The van der Waals surface area contributed by atoms with Gasteiger partial charge in [0.2, 0.25) is 0 Å². The van der Waals surface area contributed by atoms with Crippen molar-refractivity contribution < 1.29 is 4.79 Å². The van der Waals surface area contributed by atoms with Gasteiger partial charge in [0.15, 0.2) is 4.96 Å². The molecule has 0 saturated carbocycles. The highest BCUT2D eigenvalue weighted by atomic mass is 35.5. The van der Waals surface area contributed by atoms with E-state index in [1.165, 1.54) is 11.3 Å². The molecule has 4 aromatic rings. The number of nitrogens with one attached hydrogen (secondary N) is 1. The lowest BCUT2D eigenvalue weighted by Crippen LogP contribution is -2.13. The number of carbonyl (C=O) groups is 1. The molecule has 0 fully saturated rings. The smallest absolute Gasteiger partial charge is 0.273 e. The molecule has 0 aliphatic carbocycles. The van der Waals surface area contributed by atoms with E-state index in [4.69, 9.17) is 23.2 Å². The number of nitrogens with zero attached hydrogens (tertiary/aromatic N) is 2. The first-order valence-electron chi connectivity index (χ1n) is 7.39. The maximum absolute atomic E-state index is 12.6. The zero-order valence-electron chi connectivity index (χ0n) is 12.7. The Labute approximate surface area is 157 Å². The maximum atomic E-state index is 12.6. The third-order valence-corrected chi connectivity index (χ3v) is 4.91. The van der Waals surface area contributed by atoms with Crippen molar-refractivity contribution in [3.8, 4) is 11.3 Å². The molecule has 2 heterocycles. The van der Waals surface area contributed by atoms with Crippen LogP contribution in [0.3, 0.4) is 0 Å². The molecule has 0 radical (unpaired) electrons. The minimum atomic E-state index is -0.249. The largest absolute Gasteiger partial charge is 0.321 e. The number of imidazole rings is 1. The molecule has 0 saturated heterocycles. The second-order valence-electron chi connectivity index (χ2n) is 5.38. The molecule has 0 unspecified atom stereocenters. The normalized spacial score (nSPS) is 11.0. The second-order valence-corrected chi connectivity index (χ2v) is 7.09. The standard InChI is InChI=1S/C18H11Cl2N3OS/c19-12-6-13(20)8-14(7-12)21-17(24)16-10-25-18-22-15(9-23(16)18)11-4-2-1-3-5-11/h1-10H,(H,21,24). The molecule has 0 aliphatic rings. The van der Waals surface area contributed by atoms with Gasteiger partial charge in [-0.15, -0.1) is 11.3 Å². The minimum absolute atomic E-state index is 0.249. The van der Waals surface area contributed by atoms with Crippen molar-refractivity contribution in [1.82, 2.24) is 9.38 Å². The summed E-state index contributed by atoms with van der Waals surface area (Å²) in [6.45, 7) is 0. The number of amides is 1. The molecule has 2 aromatic carbocycles. The van der Waals surface area contributed by atoms with Gasteiger partial charge in [0.1, 0.15) is 5.69 Å². The molecule has 0 atom stereocenters. The monoisotopic (exact) mass is 387 g/mol. The van der Waals surface area contributed by atoms with Crippen LogP contribution in [0.15, 0.2) is 60.1 Å². The van der Waals surface area contributed by atoms with Crippen molar-refractivity contribution in [1.29, 1.82) is 0 Å². The van der Waals surface area contributed by atoms with Gasteiger partial charge in [0.25, 0.3) is 5.91 Å². The van der Waals surface area contributed by atoms with E-state index in [2.05, 4.69) is 10.3 Å². The predicted molar refractivity (Wildman–Crippen MR) is 103 cm³/mol. The summed E-state index contributed by atoms with van der Waals surface area (Å²) in [7, 11) is 0. The van der Waals surface area contributed by atoms with Crippen LogP contribution in [-0.4, -0.2) is 15.3 Å². The van der Waals surface area contributed by atoms with E-state index in [0.29, 0.717) is 21.4 Å². The van der Waals surface area contributed by atoms with Crippen LogP contribution in [0.25, 0.3) is 16.2 Å². The molecule has 124 valence electrons. The highest BCUT2D eigenvalue weighted by Crippen LogP contribution is 2.26. The summed E-state index contributed by atoms with van der Waals surface area (Å²) in [4.78, 5) is 18.0. The Morgan fingerprint density at radius 1 is 1.08 bits per heavy atom. The fourth-order valence-corrected chi connectivity index (χ4v) is 3.90. The van der Waals surface area contributed by atoms with Gasteiger partial charge in [0.05, 0.1) is 5.69 Å². The first-order valence-corrected chi connectivity index (χ1v) is 9.03. The summed E-state index contributed by atoms with van der Waals surface area (Å²) in [6, 6.07) is 14.8. The predicted octanol–water partition coefficient (Wildman–Crippen LogP) is 5.62. The van der Waals surface area contributed by atoms with Crippen molar-refractivity contribution in [2.45, 2.75) is 0 Å². The van der Waals surface area contributed by atoms with Gasteiger partial charge < -0.3 is 5.32 Å². The maximum Gasteiger partial charge on any atom is 0.273 e. The zero-order valence-corrected chi connectivity index (χ0v) is 15.1. The number of thiazole rings is 1. The molecular weight excluding hydrogens is 377 g/mol. The van der Waals surface area contributed by atoms with Gasteiger partial charge in [-0.05, 0) is 18.2 Å². The Balaban J connectivity index is 1.67. The van der Waals surface area contributed by atoms with Crippen LogP contribution in [0.1, 0.15) is 10.5 Å². The molecule has 4 nitrogen and oxygen atoms in total.